The Labute approximate surface area is 124 Å². The van der Waals surface area contributed by atoms with E-state index in [1.807, 2.05) is 18.2 Å². The molecule has 4 rings (SSSR count). The van der Waals surface area contributed by atoms with Crippen molar-refractivity contribution >= 4 is 11.0 Å². The van der Waals surface area contributed by atoms with Crippen molar-refractivity contribution in [3.63, 3.8) is 0 Å². The Bertz CT molecular complexity index is 696. The number of ether oxygens (including phenoxy) is 1. The molecule has 0 atom stereocenters. The van der Waals surface area contributed by atoms with Crippen LogP contribution < -0.4 is 0 Å². The quantitative estimate of drug-likeness (QED) is 0.782. The molecule has 0 radical (unpaired) electrons. The first-order chi connectivity index (χ1) is 10.4. The van der Waals surface area contributed by atoms with Gasteiger partial charge in [-0.15, -0.1) is 0 Å². The van der Waals surface area contributed by atoms with E-state index in [-0.39, 0.29) is 0 Å². The van der Waals surface area contributed by atoms with Crippen LogP contribution in [0.4, 0.5) is 0 Å². The molecule has 2 aromatic carbocycles. The SMILES string of the molecule is c1ccc(COC2CC(c3nc4ccccc4[nH]3)C2)cc1. The Balaban J connectivity index is 1.34. The Kier molecular flexibility index (Phi) is 3.20. The molecule has 3 aromatic rings. The molecule has 1 aromatic heterocycles. The van der Waals surface area contributed by atoms with E-state index >= 15 is 0 Å². The lowest BCUT2D eigenvalue weighted by Crippen LogP contribution is -2.30. The highest BCUT2D eigenvalue weighted by Crippen LogP contribution is 2.38. The zero-order chi connectivity index (χ0) is 14.1. The minimum absolute atomic E-state index is 0.364. The van der Waals surface area contributed by atoms with Crippen LogP contribution in [-0.4, -0.2) is 16.1 Å². The first kappa shape index (κ1) is 12.6. The van der Waals surface area contributed by atoms with Gasteiger partial charge in [-0.05, 0) is 30.5 Å². The summed E-state index contributed by atoms with van der Waals surface area (Å²) in [6.45, 7) is 0.707. The van der Waals surface area contributed by atoms with Gasteiger partial charge in [-0.1, -0.05) is 42.5 Å². The Hall–Kier alpha value is -2.13. The summed E-state index contributed by atoms with van der Waals surface area (Å²) >= 11 is 0. The summed E-state index contributed by atoms with van der Waals surface area (Å²) in [5, 5.41) is 0. The van der Waals surface area contributed by atoms with E-state index in [0.29, 0.717) is 18.6 Å². The van der Waals surface area contributed by atoms with Crippen molar-refractivity contribution in [2.24, 2.45) is 0 Å². The summed E-state index contributed by atoms with van der Waals surface area (Å²) in [6.07, 6.45) is 2.49. The van der Waals surface area contributed by atoms with Gasteiger partial charge in [0.2, 0.25) is 0 Å². The number of rotatable bonds is 4. The molecular formula is C18H18N2O. The number of nitrogens with one attached hydrogen (secondary N) is 1. The Morgan fingerprint density at radius 1 is 1.00 bits per heavy atom. The molecule has 21 heavy (non-hydrogen) atoms. The molecule has 0 amide bonds. The van der Waals surface area contributed by atoms with E-state index in [1.54, 1.807) is 0 Å². The lowest BCUT2D eigenvalue weighted by molar-refractivity contribution is -0.0221. The molecule has 0 unspecified atom stereocenters. The number of nitrogens with zero attached hydrogens (tertiary/aromatic N) is 1. The molecule has 106 valence electrons. The smallest absolute Gasteiger partial charge is 0.110 e. The van der Waals surface area contributed by atoms with Crippen molar-refractivity contribution in [3.8, 4) is 0 Å². The molecule has 0 spiro atoms. The number of hydrogen-bond donors (Lipinski definition) is 1. The van der Waals surface area contributed by atoms with Gasteiger partial charge in [0.05, 0.1) is 23.7 Å². The van der Waals surface area contributed by atoms with E-state index in [0.717, 1.165) is 29.7 Å². The molecule has 0 saturated heterocycles. The maximum atomic E-state index is 5.95. The van der Waals surface area contributed by atoms with Crippen LogP contribution in [0.1, 0.15) is 30.1 Å². The molecule has 1 fully saturated rings. The van der Waals surface area contributed by atoms with Crippen molar-refractivity contribution in [1.29, 1.82) is 0 Å². The van der Waals surface area contributed by atoms with Crippen molar-refractivity contribution < 1.29 is 4.74 Å². The zero-order valence-corrected chi connectivity index (χ0v) is 11.8. The fraction of sp³-hybridized carbons (Fsp3) is 0.278. The van der Waals surface area contributed by atoms with Crippen molar-refractivity contribution in [2.75, 3.05) is 0 Å². The molecule has 1 N–H and O–H groups in total. The van der Waals surface area contributed by atoms with Crippen LogP contribution in [0, 0.1) is 0 Å². The first-order valence-electron chi connectivity index (χ1n) is 7.48. The maximum absolute atomic E-state index is 5.95. The number of fused-ring (bicyclic) bond motifs is 1. The van der Waals surface area contributed by atoms with Crippen LogP contribution in [0.15, 0.2) is 54.6 Å². The van der Waals surface area contributed by atoms with E-state index in [1.165, 1.54) is 5.56 Å². The average Bonchev–Trinajstić information content (AvgIpc) is 2.90. The van der Waals surface area contributed by atoms with E-state index in [9.17, 15) is 0 Å². The van der Waals surface area contributed by atoms with Crippen LogP contribution in [0.5, 0.6) is 0 Å². The third kappa shape index (κ3) is 2.57. The number of aromatic amines is 1. The van der Waals surface area contributed by atoms with Gasteiger partial charge in [-0.2, -0.15) is 0 Å². The van der Waals surface area contributed by atoms with E-state index in [4.69, 9.17) is 4.74 Å². The monoisotopic (exact) mass is 278 g/mol. The predicted molar refractivity (Wildman–Crippen MR) is 83.1 cm³/mol. The molecule has 1 aliphatic rings. The van der Waals surface area contributed by atoms with Gasteiger partial charge in [-0.3, -0.25) is 0 Å². The highest BCUT2D eigenvalue weighted by Gasteiger charge is 2.33. The molecular weight excluding hydrogens is 260 g/mol. The third-order valence-electron chi connectivity index (χ3n) is 4.22. The highest BCUT2D eigenvalue weighted by molar-refractivity contribution is 5.74. The predicted octanol–water partition coefficient (Wildman–Crippen LogP) is 4.03. The summed E-state index contributed by atoms with van der Waals surface area (Å²) in [7, 11) is 0. The molecule has 3 nitrogen and oxygen atoms in total. The van der Waals surface area contributed by atoms with Crippen molar-refractivity contribution in [3.05, 3.63) is 66.0 Å². The second-order valence-electron chi connectivity index (χ2n) is 5.73. The topological polar surface area (TPSA) is 37.9 Å². The van der Waals surface area contributed by atoms with E-state index < -0.39 is 0 Å². The van der Waals surface area contributed by atoms with Gasteiger partial charge in [0.15, 0.2) is 0 Å². The highest BCUT2D eigenvalue weighted by atomic mass is 16.5. The summed E-state index contributed by atoms with van der Waals surface area (Å²) in [5.74, 6) is 1.62. The van der Waals surface area contributed by atoms with Gasteiger partial charge < -0.3 is 9.72 Å². The second-order valence-corrected chi connectivity index (χ2v) is 5.73. The minimum atomic E-state index is 0.364. The molecule has 3 heteroatoms. The van der Waals surface area contributed by atoms with E-state index in [2.05, 4.69) is 46.4 Å². The fourth-order valence-corrected chi connectivity index (χ4v) is 2.88. The van der Waals surface area contributed by atoms with Gasteiger partial charge in [0.1, 0.15) is 5.82 Å². The number of hydrogen-bond acceptors (Lipinski definition) is 2. The Morgan fingerprint density at radius 2 is 1.76 bits per heavy atom. The summed E-state index contributed by atoms with van der Waals surface area (Å²) in [5.41, 5.74) is 3.42. The minimum Gasteiger partial charge on any atom is -0.373 e. The lowest BCUT2D eigenvalue weighted by atomic mass is 9.82. The van der Waals surface area contributed by atoms with Gasteiger partial charge in [0, 0.05) is 5.92 Å². The Morgan fingerprint density at radius 3 is 2.57 bits per heavy atom. The fourth-order valence-electron chi connectivity index (χ4n) is 2.88. The molecule has 1 saturated carbocycles. The normalized spacial score (nSPS) is 21.3. The van der Waals surface area contributed by atoms with Crippen LogP contribution >= 0.6 is 0 Å². The molecule has 0 bridgehead atoms. The largest absolute Gasteiger partial charge is 0.373 e. The van der Waals surface area contributed by atoms with Crippen LogP contribution in [0.2, 0.25) is 0 Å². The number of benzene rings is 2. The number of para-hydroxylation sites is 2. The van der Waals surface area contributed by atoms with Crippen molar-refractivity contribution in [2.45, 2.75) is 31.5 Å². The first-order valence-corrected chi connectivity index (χ1v) is 7.48. The summed E-state index contributed by atoms with van der Waals surface area (Å²) in [4.78, 5) is 8.10. The van der Waals surface area contributed by atoms with Crippen LogP contribution in [0.3, 0.4) is 0 Å². The molecule has 1 aliphatic carbocycles. The van der Waals surface area contributed by atoms with Gasteiger partial charge >= 0.3 is 0 Å². The number of imidazole rings is 1. The molecule has 0 aliphatic heterocycles. The number of aromatic nitrogens is 2. The van der Waals surface area contributed by atoms with Crippen LogP contribution in [0.25, 0.3) is 11.0 Å². The van der Waals surface area contributed by atoms with Gasteiger partial charge in [0.25, 0.3) is 0 Å². The second kappa shape index (κ2) is 5.34. The standard InChI is InChI=1S/C18H18N2O/c1-2-6-13(7-3-1)12-21-15-10-14(11-15)18-19-16-8-4-5-9-17(16)20-18/h1-9,14-15H,10-12H2,(H,19,20). The number of H-pyrrole nitrogens is 1. The summed E-state index contributed by atoms with van der Waals surface area (Å²) in [6, 6.07) is 18.5. The zero-order valence-electron chi connectivity index (χ0n) is 11.8. The third-order valence-corrected chi connectivity index (χ3v) is 4.22. The van der Waals surface area contributed by atoms with Gasteiger partial charge in [-0.25, -0.2) is 4.98 Å². The lowest BCUT2D eigenvalue weighted by Gasteiger charge is -2.33. The van der Waals surface area contributed by atoms with Crippen molar-refractivity contribution in [1.82, 2.24) is 9.97 Å². The molecule has 1 heterocycles. The summed E-state index contributed by atoms with van der Waals surface area (Å²) < 4.78 is 5.95. The van der Waals surface area contributed by atoms with Crippen LogP contribution in [-0.2, 0) is 11.3 Å². The maximum Gasteiger partial charge on any atom is 0.110 e. The average molecular weight is 278 g/mol.